The van der Waals surface area contributed by atoms with E-state index >= 15 is 0 Å². The van der Waals surface area contributed by atoms with Crippen molar-refractivity contribution in [1.82, 2.24) is 9.80 Å². The summed E-state index contributed by atoms with van der Waals surface area (Å²) in [5.74, 6) is 0.225. The molecular formula is C29H29ClN4O4. The van der Waals surface area contributed by atoms with E-state index in [0.717, 1.165) is 5.69 Å². The van der Waals surface area contributed by atoms with Crippen LogP contribution in [0.4, 0.5) is 11.4 Å². The number of halogens is 1. The number of carbonyl (C=O) groups excluding carboxylic acids is 3. The summed E-state index contributed by atoms with van der Waals surface area (Å²) in [4.78, 5) is 45.4. The van der Waals surface area contributed by atoms with Crippen LogP contribution >= 0.6 is 11.6 Å². The number of carbonyl (C=O) groups is 3. The third-order valence-corrected chi connectivity index (χ3v) is 7.47. The molecule has 1 spiro atoms. The SMILES string of the molecule is COc1ccc(C(=O)N2CCC3(CC2)C(=O)N(CC(=O)Nc2cccc(Cl)c2)CN3c2ccccc2)cc1. The minimum absolute atomic E-state index is 0.0723. The van der Waals surface area contributed by atoms with Crippen molar-refractivity contribution in [3.8, 4) is 5.75 Å². The van der Waals surface area contributed by atoms with Gasteiger partial charge in [0.05, 0.1) is 13.8 Å². The van der Waals surface area contributed by atoms with E-state index in [9.17, 15) is 14.4 Å². The number of para-hydroxylation sites is 1. The second-order valence-corrected chi connectivity index (χ2v) is 9.96. The van der Waals surface area contributed by atoms with Crippen molar-refractivity contribution in [1.29, 1.82) is 0 Å². The van der Waals surface area contributed by atoms with Gasteiger partial charge in [-0.3, -0.25) is 14.4 Å². The molecule has 1 N–H and O–H groups in total. The van der Waals surface area contributed by atoms with Gasteiger partial charge in [0, 0.05) is 35.1 Å². The molecule has 8 nitrogen and oxygen atoms in total. The molecule has 0 aliphatic carbocycles. The first-order valence-electron chi connectivity index (χ1n) is 12.5. The smallest absolute Gasteiger partial charge is 0.253 e. The maximum absolute atomic E-state index is 13.9. The lowest BCUT2D eigenvalue weighted by molar-refractivity contribution is -0.136. The summed E-state index contributed by atoms with van der Waals surface area (Å²) in [6, 6.07) is 23.7. The van der Waals surface area contributed by atoms with E-state index in [0.29, 0.717) is 48.0 Å². The minimum atomic E-state index is -0.825. The largest absolute Gasteiger partial charge is 0.497 e. The quantitative estimate of drug-likeness (QED) is 0.513. The van der Waals surface area contributed by atoms with Gasteiger partial charge in [-0.15, -0.1) is 0 Å². The van der Waals surface area contributed by atoms with E-state index in [2.05, 4.69) is 10.2 Å². The van der Waals surface area contributed by atoms with Crippen molar-refractivity contribution in [3.05, 3.63) is 89.4 Å². The van der Waals surface area contributed by atoms with Gasteiger partial charge >= 0.3 is 0 Å². The predicted octanol–water partition coefficient (Wildman–Crippen LogP) is 4.27. The number of methoxy groups -OCH3 is 1. The first-order valence-corrected chi connectivity index (χ1v) is 12.9. The Bertz CT molecular complexity index is 1320. The van der Waals surface area contributed by atoms with Crippen LogP contribution in [0, 0.1) is 0 Å². The molecule has 0 aromatic heterocycles. The molecule has 2 saturated heterocycles. The Morgan fingerprint density at radius 3 is 2.34 bits per heavy atom. The number of rotatable bonds is 6. The van der Waals surface area contributed by atoms with Crippen molar-refractivity contribution in [2.75, 3.05) is 43.6 Å². The van der Waals surface area contributed by atoms with E-state index in [-0.39, 0.29) is 30.9 Å². The minimum Gasteiger partial charge on any atom is -0.497 e. The average Bonchev–Trinajstić information content (AvgIpc) is 3.19. The molecule has 0 radical (unpaired) electrons. The number of piperidine rings is 1. The molecule has 3 amide bonds. The second-order valence-electron chi connectivity index (χ2n) is 9.52. The van der Waals surface area contributed by atoms with Crippen LogP contribution in [0.2, 0.25) is 5.02 Å². The molecule has 196 valence electrons. The second kappa shape index (κ2) is 10.8. The van der Waals surface area contributed by atoms with E-state index in [4.69, 9.17) is 16.3 Å². The van der Waals surface area contributed by atoms with Crippen molar-refractivity contribution < 1.29 is 19.1 Å². The molecule has 3 aromatic carbocycles. The summed E-state index contributed by atoms with van der Waals surface area (Å²) in [5, 5.41) is 3.35. The number of nitrogens with zero attached hydrogens (tertiary/aromatic N) is 3. The maximum atomic E-state index is 13.9. The van der Waals surface area contributed by atoms with Crippen LogP contribution in [0.25, 0.3) is 0 Å². The van der Waals surface area contributed by atoms with Crippen LogP contribution < -0.4 is 15.0 Å². The van der Waals surface area contributed by atoms with Crippen molar-refractivity contribution in [3.63, 3.8) is 0 Å². The Kier molecular flexibility index (Phi) is 7.24. The zero-order chi connectivity index (χ0) is 26.7. The van der Waals surface area contributed by atoms with Crippen molar-refractivity contribution in [2.24, 2.45) is 0 Å². The summed E-state index contributed by atoms with van der Waals surface area (Å²) in [6.45, 7) is 1.08. The van der Waals surface area contributed by atoms with Gasteiger partial charge in [0.1, 0.15) is 17.8 Å². The summed E-state index contributed by atoms with van der Waals surface area (Å²) in [7, 11) is 1.59. The first kappa shape index (κ1) is 25.6. The van der Waals surface area contributed by atoms with Gasteiger partial charge in [-0.05, 0) is 67.4 Å². The van der Waals surface area contributed by atoms with Crippen LogP contribution in [0.5, 0.6) is 5.75 Å². The maximum Gasteiger partial charge on any atom is 0.253 e. The fourth-order valence-electron chi connectivity index (χ4n) is 5.26. The van der Waals surface area contributed by atoms with Gasteiger partial charge in [0.2, 0.25) is 5.91 Å². The Morgan fingerprint density at radius 1 is 0.974 bits per heavy atom. The number of anilines is 2. The first-order chi connectivity index (χ1) is 18.4. The highest BCUT2D eigenvalue weighted by Crippen LogP contribution is 2.39. The van der Waals surface area contributed by atoms with Gasteiger partial charge in [-0.2, -0.15) is 0 Å². The third-order valence-electron chi connectivity index (χ3n) is 7.24. The molecule has 0 bridgehead atoms. The van der Waals surface area contributed by atoms with Crippen LogP contribution in [-0.2, 0) is 9.59 Å². The number of hydrogen-bond acceptors (Lipinski definition) is 5. The average molecular weight is 533 g/mol. The van der Waals surface area contributed by atoms with Crippen LogP contribution in [0.15, 0.2) is 78.9 Å². The molecule has 38 heavy (non-hydrogen) atoms. The molecule has 3 aromatic rings. The van der Waals surface area contributed by atoms with Gasteiger partial charge < -0.3 is 24.8 Å². The molecular weight excluding hydrogens is 504 g/mol. The third kappa shape index (κ3) is 5.04. The highest BCUT2D eigenvalue weighted by Gasteiger charge is 2.54. The molecule has 2 aliphatic heterocycles. The number of amides is 3. The molecule has 2 aliphatic rings. The fraction of sp³-hybridized carbons (Fsp3) is 0.276. The highest BCUT2D eigenvalue weighted by molar-refractivity contribution is 6.30. The lowest BCUT2D eigenvalue weighted by Crippen LogP contribution is -2.57. The highest BCUT2D eigenvalue weighted by atomic mass is 35.5. The Morgan fingerprint density at radius 2 is 1.68 bits per heavy atom. The number of ether oxygens (including phenoxy) is 1. The number of hydrogen-bond donors (Lipinski definition) is 1. The van der Waals surface area contributed by atoms with Crippen molar-refractivity contribution >= 4 is 40.7 Å². The van der Waals surface area contributed by atoms with E-state index in [1.54, 1.807) is 65.4 Å². The van der Waals surface area contributed by atoms with Crippen LogP contribution in [-0.4, -0.2) is 66.5 Å². The monoisotopic (exact) mass is 532 g/mol. The van der Waals surface area contributed by atoms with Crippen LogP contribution in [0.1, 0.15) is 23.2 Å². The summed E-state index contributed by atoms with van der Waals surface area (Å²) in [5.41, 5.74) is 1.25. The summed E-state index contributed by atoms with van der Waals surface area (Å²) in [6.07, 6.45) is 0.935. The lowest BCUT2D eigenvalue weighted by Gasteiger charge is -2.43. The summed E-state index contributed by atoms with van der Waals surface area (Å²) >= 11 is 6.04. The number of likely N-dealkylation sites (tertiary alicyclic amines) is 1. The molecule has 0 saturated carbocycles. The summed E-state index contributed by atoms with van der Waals surface area (Å²) < 4.78 is 5.19. The molecule has 5 rings (SSSR count). The van der Waals surface area contributed by atoms with Crippen LogP contribution in [0.3, 0.4) is 0 Å². The van der Waals surface area contributed by atoms with E-state index in [1.807, 2.05) is 30.3 Å². The topological polar surface area (TPSA) is 82.2 Å². The fourth-order valence-corrected chi connectivity index (χ4v) is 5.45. The molecule has 2 heterocycles. The standard InChI is InChI=1S/C29H29ClN4O4/c1-38-25-12-10-21(11-13-25)27(36)32-16-14-29(15-17-32)28(37)33(20-34(29)24-8-3-2-4-9-24)19-26(35)31-23-7-5-6-22(30)18-23/h2-13,18H,14-17,19-20H2,1H3,(H,31,35). The molecule has 9 heteroatoms. The zero-order valence-corrected chi connectivity index (χ0v) is 21.9. The van der Waals surface area contributed by atoms with Gasteiger partial charge in [-0.25, -0.2) is 0 Å². The number of benzene rings is 3. The molecule has 0 unspecified atom stereocenters. The number of nitrogens with one attached hydrogen (secondary N) is 1. The lowest BCUT2D eigenvalue weighted by atomic mass is 9.85. The Labute approximate surface area is 226 Å². The Balaban J connectivity index is 1.32. The van der Waals surface area contributed by atoms with Gasteiger partial charge in [-0.1, -0.05) is 35.9 Å². The van der Waals surface area contributed by atoms with Crippen molar-refractivity contribution in [2.45, 2.75) is 18.4 Å². The zero-order valence-electron chi connectivity index (χ0n) is 21.1. The molecule has 2 fully saturated rings. The van der Waals surface area contributed by atoms with E-state index in [1.165, 1.54) is 0 Å². The molecule has 0 atom stereocenters. The van der Waals surface area contributed by atoms with Gasteiger partial charge in [0.25, 0.3) is 11.8 Å². The van der Waals surface area contributed by atoms with E-state index < -0.39 is 5.54 Å². The normalized spacial score (nSPS) is 16.6. The van der Waals surface area contributed by atoms with Gasteiger partial charge in [0.15, 0.2) is 0 Å². The predicted molar refractivity (Wildman–Crippen MR) is 146 cm³/mol. The Hall–Kier alpha value is -4.04.